The summed E-state index contributed by atoms with van der Waals surface area (Å²) in [6.07, 6.45) is 0. The van der Waals surface area contributed by atoms with Gasteiger partial charge in [0.1, 0.15) is 5.75 Å². The normalized spacial score (nSPS) is 16.6. The van der Waals surface area contributed by atoms with E-state index < -0.39 is 0 Å². The van der Waals surface area contributed by atoms with Crippen molar-refractivity contribution in [3.63, 3.8) is 0 Å². The molecule has 0 spiro atoms. The van der Waals surface area contributed by atoms with Gasteiger partial charge in [0.15, 0.2) is 6.04 Å². The average molecular weight is 371 g/mol. The Bertz CT molecular complexity index is 824. The number of methoxy groups -OCH3 is 1. The Kier molecular flexibility index (Phi) is 4.90. The van der Waals surface area contributed by atoms with Gasteiger partial charge in [-0.25, -0.2) is 0 Å². The van der Waals surface area contributed by atoms with E-state index in [9.17, 15) is 0 Å². The van der Waals surface area contributed by atoms with Gasteiger partial charge in [-0.15, -0.1) is 21.5 Å². The van der Waals surface area contributed by atoms with E-state index in [1.54, 1.807) is 18.4 Å². The summed E-state index contributed by atoms with van der Waals surface area (Å²) in [5, 5.41) is 10.5. The number of quaternary nitrogens is 1. The lowest BCUT2D eigenvalue weighted by atomic mass is 10.2. The average Bonchev–Trinajstić information content (AvgIpc) is 3.39. The fourth-order valence-electron chi connectivity index (χ4n) is 3.36. The molecule has 1 fully saturated rings. The van der Waals surface area contributed by atoms with Crippen LogP contribution in [0.4, 0.5) is 5.69 Å². The minimum atomic E-state index is 0.203. The first-order valence-corrected chi connectivity index (χ1v) is 9.73. The summed E-state index contributed by atoms with van der Waals surface area (Å²) in [6, 6.07) is 12.5. The Morgan fingerprint density at radius 2 is 1.92 bits per heavy atom. The minimum Gasteiger partial charge on any atom is -0.497 e. The molecule has 0 bridgehead atoms. The van der Waals surface area contributed by atoms with Gasteiger partial charge >= 0.3 is 0 Å². The van der Waals surface area contributed by atoms with E-state index in [4.69, 9.17) is 9.15 Å². The highest BCUT2D eigenvalue weighted by atomic mass is 32.1. The number of anilines is 1. The van der Waals surface area contributed by atoms with Gasteiger partial charge in [-0.2, -0.15) is 0 Å². The predicted octanol–water partition coefficient (Wildman–Crippen LogP) is 2.27. The van der Waals surface area contributed by atoms with Crippen molar-refractivity contribution in [1.29, 1.82) is 0 Å². The van der Waals surface area contributed by atoms with Crippen molar-refractivity contribution in [2.24, 2.45) is 0 Å². The van der Waals surface area contributed by atoms with Crippen molar-refractivity contribution in [1.82, 2.24) is 10.2 Å². The van der Waals surface area contributed by atoms with E-state index >= 15 is 0 Å². The fraction of sp³-hybridized carbons (Fsp3) is 0.368. The Hall–Kier alpha value is -2.38. The van der Waals surface area contributed by atoms with E-state index in [1.165, 1.54) is 10.6 Å². The van der Waals surface area contributed by atoms with E-state index in [0.717, 1.165) is 42.7 Å². The van der Waals surface area contributed by atoms with E-state index in [-0.39, 0.29) is 6.04 Å². The SMILES string of the molecule is COc1ccc(N2CC[NH+]([C@H](C)c3nnc(-c4cccs4)o3)CC2)cc1. The summed E-state index contributed by atoms with van der Waals surface area (Å²) in [5.74, 6) is 2.24. The van der Waals surface area contributed by atoms with Gasteiger partial charge in [-0.3, -0.25) is 0 Å². The largest absolute Gasteiger partial charge is 0.497 e. The molecular formula is C19H23N4O2S+. The third-order valence-electron chi connectivity index (χ3n) is 5.00. The molecule has 1 aromatic carbocycles. The molecule has 26 heavy (non-hydrogen) atoms. The molecule has 6 nitrogen and oxygen atoms in total. The van der Waals surface area contributed by atoms with E-state index in [1.807, 2.05) is 29.6 Å². The zero-order chi connectivity index (χ0) is 17.9. The first-order valence-electron chi connectivity index (χ1n) is 8.85. The second-order valence-corrected chi connectivity index (χ2v) is 7.44. The van der Waals surface area contributed by atoms with Crippen molar-refractivity contribution in [2.45, 2.75) is 13.0 Å². The Labute approximate surface area is 157 Å². The lowest BCUT2D eigenvalue weighted by Crippen LogP contribution is -3.14. The van der Waals surface area contributed by atoms with Crippen LogP contribution in [-0.2, 0) is 0 Å². The monoisotopic (exact) mass is 371 g/mol. The van der Waals surface area contributed by atoms with Crippen LogP contribution in [0.5, 0.6) is 5.75 Å². The van der Waals surface area contributed by atoms with Crippen LogP contribution in [0.15, 0.2) is 46.2 Å². The highest BCUT2D eigenvalue weighted by molar-refractivity contribution is 7.13. The molecule has 136 valence electrons. The van der Waals surface area contributed by atoms with Gasteiger partial charge in [0, 0.05) is 5.69 Å². The first kappa shape index (κ1) is 17.1. The molecule has 1 atom stereocenters. The third kappa shape index (κ3) is 3.45. The highest BCUT2D eigenvalue weighted by Gasteiger charge is 2.29. The molecule has 0 amide bonds. The maximum atomic E-state index is 5.92. The van der Waals surface area contributed by atoms with Crippen LogP contribution in [0.1, 0.15) is 18.9 Å². The number of benzene rings is 1. The lowest BCUT2D eigenvalue weighted by molar-refractivity contribution is -0.931. The van der Waals surface area contributed by atoms with Gasteiger partial charge in [0.25, 0.3) is 11.8 Å². The van der Waals surface area contributed by atoms with Crippen molar-refractivity contribution in [2.75, 3.05) is 38.2 Å². The topological polar surface area (TPSA) is 55.8 Å². The predicted molar refractivity (Wildman–Crippen MR) is 102 cm³/mol. The number of hydrogen-bond acceptors (Lipinski definition) is 6. The molecule has 3 aromatic rings. The van der Waals surface area contributed by atoms with E-state index in [2.05, 4.69) is 34.2 Å². The molecule has 1 aliphatic heterocycles. The number of nitrogens with one attached hydrogen (secondary N) is 1. The molecule has 2 aromatic heterocycles. The summed E-state index contributed by atoms with van der Waals surface area (Å²) in [7, 11) is 1.69. The van der Waals surface area contributed by atoms with Gasteiger partial charge in [0.05, 0.1) is 38.2 Å². The van der Waals surface area contributed by atoms with Crippen LogP contribution >= 0.6 is 11.3 Å². The Balaban J connectivity index is 1.38. The summed E-state index contributed by atoms with van der Waals surface area (Å²) in [5.41, 5.74) is 1.25. The molecule has 4 rings (SSSR count). The van der Waals surface area contributed by atoms with Gasteiger partial charge in [-0.05, 0) is 42.6 Å². The van der Waals surface area contributed by atoms with Crippen molar-refractivity contribution >= 4 is 17.0 Å². The maximum Gasteiger partial charge on any atom is 0.274 e. The summed E-state index contributed by atoms with van der Waals surface area (Å²) in [4.78, 5) is 4.92. The molecule has 1 aliphatic rings. The van der Waals surface area contributed by atoms with Crippen molar-refractivity contribution in [3.8, 4) is 16.5 Å². The summed E-state index contributed by atoms with van der Waals surface area (Å²) < 4.78 is 11.2. The molecule has 7 heteroatoms. The summed E-state index contributed by atoms with van der Waals surface area (Å²) >= 11 is 1.62. The smallest absolute Gasteiger partial charge is 0.274 e. The first-order chi connectivity index (χ1) is 12.7. The molecule has 0 radical (unpaired) electrons. The molecule has 0 saturated carbocycles. The van der Waals surface area contributed by atoms with Crippen LogP contribution in [0.3, 0.4) is 0 Å². The molecule has 1 saturated heterocycles. The standard InChI is InChI=1S/C19H22N4O2S/c1-14(18-20-21-19(25-18)17-4-3-13-26-17)22-9-11-23(12-10-22)15-5-7-16(24-2)8-6-15/h3-8,13-14H,9-12H2,1-2H3/p+1/t14-/m1/s1. The number of ether oxygens (including phenoxy) is 1. The van der Waals surface area contributed by atoms with E-state index in [0.29, 0.717) is 5.89 Å². The zero-order valence-electron chi connectivity index (χ0n) is 15.0. The number of aromatic nitrogens is 2. The molecule has 1 N–H and O–H groups in total. The Morgan fingerprint density at radius 1 is 1.15 bits per heavy atom. The lowest BCUT2D eigenvalue weighted by Gasteiger charge is -2.35. The molecular weight excluding hydrogens is 348 g/mol. The maximum absolute atomic E-state index is 5.92. The minimum absolute atomic E-state index is 0.203. The van der Waals surface area contributed by atoms with Crippen LogP contribution in [0, 0.1) is 0 Å². The Morgan fingerprint density at radius 3 is 2.58 bits per heavy atom. The second-order valence-electron chi connectivity index (χ2n) is 6.49. The molecule has 3 heterocycles. The quantitative estimate of drug-likeness (QED) is 0.746. The number of thiophene rings is 1. The number of rotatable bonds is 5. The number of hydrogen-bond donors (Lipinski definition) is 1. The summed E-state index contributed by atoms with van der Waals surface area (Å²) in [6.45, 7) is 6.29. The van der Waals surface area contributed by atoms with Gasteiger partial charge in [0.2, 0.25) is 0 Å². The molecule has 0 aliphatic carbocycles. The number of piperazine rings is 1. The second kappa shape index (κ2) is 7.47. The number of nitrogens with zero attached hydrogens (tertiary/aromatic N) is 3. The fourth-order valence-corrected chi connectivity index (χ4v) is 4.01. The van der Waals surface area contributed by atoms with Gasteiger partial charge < -0.3 is 19.0 Å². The van der Waals surface area contributed by atoms with Crippen molar-refractivity contribution < 1.29 is 14.1 Å². The van der Waals surface area contributed by atoms with Crippen LogP contribution in [0.2, 0.25) is 0 Å². The van der Waals surface area contributed by atoms with Crippen LogP contribution < -0.4 is 14.5 Å². The van der Waals surface area contributed by atoms with Crippen molar-refractivity contribution in [3.05, 3.63) is 47.7 Å². The van der Waals surface area contributed by atoms with Crippen LogP contribution in [0.25, 0.3) is 10.8 Å². The highest BCUT2D eigenvalue weighted by Crippen LogP contribution is 2.24. The van der Waals surface area contributed by atoms with Gasteiger partial charge in [-0.1, -0.05) is 6.07 Å². The molecule has 0 unspecified atom stereocenters. The third-order valence-corrected chi connectivity index (χ3v) is 5.86. The zero-order valence-corrected chi connectivity index (χ0v) is 15.8. The van der Waals surface area contributed by atoms with Crippen LogP contribution in [-0.4, -0.2) is 43.5 Å².